The van der Waals surface area contributed by atoms with Gasteiger partial charge in [-0.15, -0.1) is 0 Å². The minimum absolute atomic E-state index is 0.0711. The molecule has 0 saturated heterocycles. The maximum atomic E-state index is 10.4. The Morgan fingerprint density at radius 3 is 2.64 bits per heavy atom. The number of nitro benzene ring substituents is 1. The molecule has 0 radical (unpaired) electrons. The van der Waals surface area contributed by atoms with E-state index in [0.29, 0.717) is 11.8 Å². The van der Waals surface area contributed by atoms with Crippen molar-refractivity contribution >= 4 is 29.7 Å². The third-order valence-corrected chi connectivity index (χ3v) is 1.88. The van der Waals surface area contributed by atoms with Crippen LogP contribution >= 0.6 is 11.6 Å². The zero-order valence-corrected chi connectivity index (χ0v) is 7.77. The van der Waals surface area contributed by atoms with Gasteiger partial charge in [-0.05, 0) is 17.7 Å². The fourth-order valence-electron chi connectivity index (χ4n) is 0.908. The molecule has 0 bridgehead atoms. The first kappa shape index (κ1) is 10.4. The number of halogens is 1. The van der Waals surface area contributed by atoms with Crippen LogP contribution in [0.2, 0.25) is 5.02 Å². The number of nitrogens with zero attached hydrogens (tertiary/aromatic N) is 1. The molecule has 1 rings (SSSR count). The van der Waals surface area contributed by atoms with Crippen molar-refractivity contribution in [2.75, 3.05) is 0 Å². The van der Waals surface area contributed by atoms with Gasteiger partial charge in [0.15, 0.2) is 0 Å². The first-order valence-corrected chi connectivity index (χ1v) is 4.08. The number of benzene rings is 1. The van der Waals surface area contributed by atoms with Crippen molar-refractivity contribution in [3.05, 3.63) is 45.0 Å². The highest BCUT2D eigenvalue weighted by Crippen LogP contribution is 2.23. The molecular formula is C9H6ClNO3. The number of nitro groups is 1. The number of carbonyl (C=O) groups is 1. The summed E-state index contributed by atoms with van der Waals surface area (Å²) in [5.41, 5.74) is 0.502. The maximum Gasteiger partial charge on any atom is 0.270 e. The SMILES string of the molecule is O=CC=Cc1ccc([N+](=O)[O-])cc1Cl. The quantitative estimate of drug-likeness (QED) is 0.334. The number of rotatable bonds is 3. The lowest BCUT2D eigenvalue weighted by Gasteiger charge is -1.96. The average molecular weight is 212 g/mol. The summed E-state index contributed by atoms with van der Waals surface area (Å²) in [5, 5.41) is 10.6. The molecule has 0 aliphatic rings. The third-order valence-electron chi connectivity index (χ3n) is 1.55. The lowest BCUT2D eigenvalue weighted by atomic mass is 10.2. The van der Waals surface area contributed by atoms with Crippen LogP contribution in [0.5, 0.6) is 0 Å². The standard InChI is InChI=1S/C9H6ClNO3/c10-9-6-8(11(13)14)4-3-7(9)2-1-5-12/h1-6H. The van der Waals surface area contributed by atoms with Gasteiger partial charge in [0.25, 0.3) is 5.69 Å². The Hall–Kier alpha value is -1.68. The molecule has 0 amide bonds. The molecule has 0 fully saturated rings. The molecule has 0 aromatic heterocycles. The number of hydrogen-bond acceptors (Lipinski definition) is 3. The zero-order valence-electron chi connectivity index (χ0n) is 7.01. The highest BCUT2D eigenvalue weighted by atomic mass is 35.5. The van der Waals surface area contributed by atoms with Crippen LogP contribution in [0.25, 0.3) is 6.08 Å². The lowest BCUT2D eigenvalue weighted by Crippen LogP contribution is -1.87. The summed E-state index contributed by atoms with van der Waals surface area (Å²) >= 11 is 5.74. The Morgan fingerprint density at radius 1 is 1.43 bits per heavy atom. The van der Waals surface area contributed by atoms with Crippen molar-refractivity contribution in [2.45, 2.75) is 0 Å². The van der Waals surface area contributed by atoms with Crippen molar-refractivity contribution in [1.29, 1.82) is 0 Å². The van der Waals surface area contributed by atoms with Gasteiger partial charge in [-0.2, -0.15) is 0 Å². The van der Waals surface area contributed by atoms with Gasteiger partial charge in [0.05, 0.1) is 9.95 Å². The number of hydrogen-bond donors (Lipinski definition) is 0. The summed E-state index contributed by atoms with van der Waals surface area (Å²) in [6, 6.07) is 4.06. The normalized spacial score (nSPS) is 10.4. The van der Waals surface area contributed by atoms with Crippen LogP contribution in [0, 0.1) is 10.1 Å². The smallest absolute Gasteiger partial charge is 0.270 e. The highest BCUT2D eigenvalue weighted by Gasteiger charge is 2.07. The molecule has 0 spiro atoms. The molecule has 0 atom stereocenters. The summed E-state index contributed by atoms with van der Waals surface area (Å²) in [6.45, 7) is 0. The van der Waals surface area contributed by atoms with Gasteiger partial charge in [-0.25, -0.2) is 0 Å². The summed E-state index contributed by atoms with van der Waals surface area (Å²) < 4.78 is 0. The lowest BCUT2D eigenvalue weighted by molar-refractivity contribution is -0.384. The van der Waals surface area contributed by atoms with Crippen molar-refractivity contribution < 1.29 is 9.72 Å². The third kappa shape index (κ3) is 2.40. The van der Waals surface area contributed by atoms with Crippen molar-refractivity contribution in [3.63, 3.8) is 0 Å². The fraction of sp³-hybridized carbons (Fsp3) is 0. The minimum Gasteiger partial charge on any atom is -0.299 e. The predicted octanol–water partition coefficient (Wildman–Crippen LogP) is 2.46. The fourth-order valence-corrected chi connectivity index (χ4v) is 1.15. The maximum absolute atomic E-state index is 10.4. The summed E-state index contributed by atoms with van der Waals surface area (Å²) in [6.07, 6.45) is 3.36. The summed E-state index contributed by atoms with van der Waals surface area (Å²) in [4.78, 5) is 19.8. The van der Waals surface area contributed by atoms with Crippen molar-refractivity contribution in [2.24, 2.45) is 0 Å². The molecule has 0 heterocycles. The van der Waals surface area contributed by atoms with Crippen LogP contribution in [0.1, 0.15) is 5.56 Å². The van der Waals surface area contributed by atoms with E-state index in [1.807, 2.05) is 0 Å². The minimum atomic E-state index is -0.529. The van der Waals surface area contributed by atoms with Gasteiger partial charge >= 0.3 is 0 Å². The Morgan fingerprint density at radius 2 is 2.14 bits per heavy atom. The van der Waals surface area contributed by atoms with Gasteiger partial charge in [-0.1, -0.05) is 17.7 Å². The first-order chi connectivity index (χ1) is 6.65. The molecule has 72 valence electrons. The second-order valence-corrected chi connectivity index (χ2v) is 2.87. The van der Waals surface area contributed by atoms with Gasteiger partial charge in [-0.3, -0.25) is 14.9 Å². The van der Waals surface area contributed by atoms with E-state index in [4.69, 9.17) is 11.6 Å². The van der Waals surface area contributed by atoms with E-state index >= 15 is 0 Å². The van der Waals surface area contributed by atoms with Crippen LogP contribution in [-0.2, 0) is 4.79 Å². The number of non-ortho nitro benzene ring substituents is 1. The summed E-state index contributed by atoms with van der Waals surface area (Å²) in [5.74, 6) is 0. The van der Waals surface area contributed by atoms with Gasteiger partial charge < -0.3 is 0 Å². The van der Waals surface area contributed by atoms with Crippen LogP contribution in [-0.4, -0.2) is 11.2 Å². The first-order valence-electron chi connectivity index (χ1n) is 3.71. The Balaban J connectivity index is 3.07. The molecule has 1 aromatic rings. The molecular weight excluding hydrogens is 206 g/mol. The number of aldehydes is 1. The second kappa shape index (κ2) is 4.53. The van der Waals surface area contributed by atoms with Gasteiger partial charge in [0, 0.05) is 12.1 Å². The molecule has 1 aromatic carbocycles. The molecule has 0 unspecified atom stereocenters. The average Bonchev–Trinajstić information content (AvgIpc) is 2.15. The topological polar surface area (TPSA) is 60.2 Å². The van der Waals surface area contributed by atoms with Crippen LogP contribution < -0.4 is 0 Å². The summed E-state index contributed by atoms with van der Waals surface area (Å²) in [7, 11) is 0. The van der Waals surface area contributed by atoms with Crippen molar-refractivity contribution in [3.8, 4) is 0 Å². The molecule has 5 heteroatoms. The van der Waals surface area contributed by atoms with Crippen LogP contribution in [0.15, 0.2) is 24.3 Å². The Bertz CT molecular complexity index is 401. The molecule has 0 aliphatic carbocycles. The van der Waals surface area contributed by atoms with E-state index in [0.717, 1.165) is 0 Å². The predicted molar refractivity (Wildman–Crippen MR) is 53.2 cm³/mol. The zero-order chi connectivity index (χ0) is 10.6. The highest BCUT2D eigenvalue weighted by molar-refractivity contribution is 6.32. The van der Waals surface area contributed by atoms with Crippen molar-refractivity contribution in [1.82, 2.24) is 0 Å². The largest absolute Gasteiger partial charge is 0.299 e. The van der Waals surface area contributed by atoms with E-state index in [1.54, 1.807) is 0 Å². The molecule has 14 heavy (non-hydrogen) atoms. The molecule has 0 aliphatic heterocycles. The van der Waals surface area contributed by atoms with E-state index in [1.165, 1.54) is 30.4 Å². The monoisotopic (exact) mass is 211 g/mol. The van der Waals surface area contributed by atoms with Crippen LogP contribution in [0.4, 0.5) is 5.69 Å². The van der Waals surface area contributed by atoms with Gasteiger partial charge in [0.1, 0.15) is 6.29 Å². The molecule has 0 N–H and O–H groups in total. The van der Waals surface area contributed by atoms with Gasteiger partial charge in [0.2, 0.25) is 0 Å². The van der Waals surface area contributed by atoms with E-state index in [2.05, 4.69) is 0 Å². The van der Waals surface area contributed by atoms with E-state index < -0.39 is 4.92 Å². The number of carbonyl (C=O) groups excluding carboxylic acids is 1. The Kier molecular flexibility index (Phi) is 3.36. The number of allylic oxidation sites excluding steroid dienone is 1. The van der Waals surface area contributed by atoms with E-state index in [9.17, 15) is 14.9 Å². The molecule has 4 nitrogen and oxygen atoms in total. The second-order valence-electron chi connectivity index (χ2n) is 2.46. The molecule has 0 saturated carbocycles. The Labute approximate surface area is 85.0 Å². The van der Waals surface area contributed by atoms with E-state index in [-0.39, 0.29) is 10.7 Å². The van der Waals surface area contributed by atoms with Crippen LogP contribution in [0.3, 0.4) is 0 Å².